The molecule has 88 heavy (non-hydrogen) atoms. The summed E-state index contributed by atoms with van der Waals surface area (Å²) in [5.41, 5.74) is 13.1. The van der Waals surface area contributed by atoms with Crippen LogP contribution >= 0.6 is 0 Å². The van der Waals surface area contributed by atoms with Gasteiger partial charge in [-0.05, 0) is 227 Å². The molecule has 0 amide bonds. The first-order chi connectivity index (χ1) is 43.1. The molecule has 3 saturated heterocycles. The van der Waals surface area contributed by atoms with Gasteiger partial charge in [-0.3, -0.25) is 9.69 Å². The van der Waals surface area contributed by atoms with Crippen LogP contribution in [0.5, 0.6) is 0 Å². The minimum absolute atomic E-state index is 0.0268. The third-order valence-corrected chi connectivity index (χ3v) is 33.3. The van der Waals surface area contributed by atoms with Gasteiger partial charge < -0.3 is 25.2 Å². The Morgan fingerprint density at radius 1 is 0.750 bits per heavy atom. The number of aliphatic hydroxyl groups excluding tert-OH is 1. The molecule has 21 atom stereocenters. The Morgan fingerprint density at radius 2 is 1.58 bits per heavy atom. The molecule has 1 aromatic carbocycles. The summed E-state index contributed by atoms with van der Waals surface area (Å²) in [6, 6.07) is 7.42. The molecule has 14 aliphatic carbocycles. The second-order valence-corrected chi connectivity index (χ2v) is 35.0. The van der Waals surface area contributed by atoms with Crippen LogP contribution < -0.4 is 5.73 Å². The molecule has 8 heteroatoms. The van der Waals surface area contributed by atoms with Gasteiger partial charge in [0.1, 0.15) is 11.2 Å². The second kappa shape index (κ2) is 18.2. The number of nitrogens with two attached hydrogens (primary N) is 1. The summed E-state index contributed by atoms with van der Waals surface area (Å²) >= 11 is 0. The van der Waals surface area contributed by atoms with Gasteiger partial charge in [0.2, 0.25) is 0 Å². The number of benzene rings is 1. The number of esters is 2. The zero-order chi connectivity index (χ0) is 58.1. The van der Waals surface area contributed by atoms with Crippen molar-refractivity contribution in [3.8, 4) is 11.8 Å². The fourth-order valence-corrected chi connectivity index (χ4v) is 31.1. The molecule has 464 valence electrons. The van der Waals surface area contributed by atoms with E-state index in [0.717, 1.165) is 62.2 Å². The molecule has 11 fully saturated rings. The number of fused-ring (bicyclic) bond motifs is 7. The van der Waals surface area contributed by atoms with Crippen molar-refractivity contribution in [3.63, 3.8) is 0 Å². The number of rotatable bonds is 5. The monoisotopic (exact) mass is 1180 g/mol. The van der Waals surface area contributed by atoms with Crippen LogP contribution in [0.15, 0.2) is 76.4 Å². The molecule has 8 nitrogen and oxygen atoms in total. The van der Waals surface area contributed by atoms with Crippen molar-refractivity contribution in [2.24, 2.45) is 121 Å². The van der Waals surface area contributed by atoms with Gasteiger partial charge >= 0.3 is 11.9 Å². The van der Waals surface area contributed by atoms with Gasteiger partial charge in [0.25, 0.3) is 0 Å². The standard InChI is InChI=1S/C80H99N3O5/c81-35-12-19-48-18-9-22-60-66(48)72(85)88-80(60)65-40-49(46-14-3-1-4-15-46)24-25-51-36-58-56(47-16-5-2-6-17-47)37-52-38-57-50-26-33-75-45-83-62-23-10-20-54-21-11-30-76(54)31-13-32-77(76)43-53(42-74(77)28-7-8-29-74)63(83)41-64(84)71-78(80)34-27-55(68(51)79(65,78)73(86)87-71)67(58)69(52)82(70(57)75)44-59(62)61(75)39-50/h9,18,22,24-26,33,46-47,49-51,53-54,56-59,61-63,65,67,70,84H,1-8,11-17,19,21,23,27-32,34-45,81H2. The lowest BCUT2D eigenvalue weighted by Gasteiger charge is -2.75. The lowest BCUT2D eigenvalue weighted by Crippen LogP contribution is -2.78. The third kappa shape index (κ3) is 6.01. The minimum Gasteiger partial charge on any atom is -0.509 e. The van der Waals surface area contributed by atoms with E-state index in [1.54, 1.807) is 11.3 Å². The Hall–Kier alpha value is -4.06. The molecule has 12 bridgehead atoms. The Balaban J connectivity index is 0.854. The van der Waals surface area contributed by atoms with Crippen LogP contribution in [0, 0.1) is 127 Å². The number of piperidine rings is 2. The number of aryl methyl sites for hydroxylation is 1. The van der Waals surface area contributed by atoms with E-state index in [1.165, 1.54) is 166 Å². The number of hydrogen-bond donors (Lipinski definition) is 2. The third-order valence-electron chi connectivity index (χ3n) is 33.3. The van der Waals surface area contributed by atoms with Crippen LogP contribution in [0.2, 0.25) is 0 Å². The highest BCUT2D eigenvalue weighted by Gasteiger charge is 2.94. The predicted octanol–water partition coefficient (Wildman–Crippen LogP) is 15.5. The zero-order valence-corrected chi connectivity index (χ0v) is 52.9. The highest BCUT2D eigenvalue weighted by Crippen LogP contribution is 2.89. The maximum Gasteiger partial charge on any atom is 0.339 e. The summed E-state index contributed by atoms with van der Waals surface area (Å²) in [7, 11) is 0. The molecule has 21 unspecified atom stereocenters. The summed E-state index contributed by atoms with van der Waals surface area (Å²) in [6.07, 6.45) is 50.1. The molecular formula is C80H99N3O5. The topological polar surface area (TPSA) is 105 Å². The Kier molecular flexibility index (Phi) is 11.1. The number of nitrogens with zero attached hydrogens (tertiary/aromatic N) is 2. The largest absolute Gasteiger partial charge is 0.509 e. The SMILES string of the molecule is NCCCc1cccc2c1C(=O)OC21C2CC(C3CCCCC3)C=CC3CC4C5C6=C3C23C(=O)OC(=C(O)CC2C7CC8(CCCC8)C8(CCCC89CCCC9C#CCC8C9CN%10C5=C(CC4C4CCCCC4)CC4C5C=CC(CN28)(C9C5)C4%10)C7)C31CC6. The molecule has 7 heterocycles. The molecule has 3 N–H and O–H groups in total. The molecule has 0 aromatic heterocycles. The average Bonchev–Trinajstić information content (AvgIpc) is 1.31. The molecule has 7 spiro atoms. The van der Waals surface area contributed by atoms with Gasteiger partial charge in [-0.25, -0.2) is 4.79 Å². The smallest absolute Gasteiger partial charge is 0.339 e. The van der Waals surface area contributed by atoms with E-state index in [0.29, 0.717) is 108 Å². The van der Waals surface area contributed by atoms with Crippen molar-refractivity contribution in [1.29, 1.82) is 0 Å². The van der Waals surface area contributed by atoms with Crippen LogP contribution in [-0.4, -0.2) is 64.6 Å². The minimum atomic E-state index is -1.17. The molecule has 22 rings (SSSR count). The van der Waals surface area contributed by atoms with E-state index in [9.17, 15) is 5.11 Å². The fraction of sp³-hybridized carbons (Fsp3) is 0.750. The highest BCUT2D eigenvalue weighted by molar-refractivity contribution is 6.00. The predicted molar refractivity (Wildman–Crippen MR) is 338 cm³/mol. The number of ether oxygens (including phenoxy) is 2. The second-order valence-electron chi connectivity index (χ2n) is 35.0. The van der Waals surface area contributed by atoms with Crippen LogP contribution in [0.3, 0.4) is 0 Å². The van der Waals surface area contributed by atoms with Crippen molar-refractivity contribution in [2.45, 2.75) is 236 Å². The lowest BCUT2D eigenvalue weighted by atomic mass is 9.27. The van der Waals surface area contributed by atoms with Crippen molar-refractivity contribution >= 4 is 11.9 Å². The Labute approximate surface area is 524 Å². The molecular weight excluding hydrogens is 1080 g/mol. The molecule has 21 aliphatic rings. The normalized spacial score (nSPS) is 49.8. The number of carbonyl (C=O) groups excluding carboxylic acids is 2. The molecule has 7 aliphatic heterocycles. The molecule has 1 aromatic rings. The van der Waals surface area contributed by atoms with Crippen LogP contribution in [0.1, 0.15) is 227 Å². The number of hydrogen-bond acceptors (Lipinski definition) is 8. The summed E-state index contributed by atoms with van der Waals surface area (Å²) in [5, 5.41) is 14.6. The van der Waals surface area contributed by atoms with Gasteiger partial charge in [0.15, 0.2) is 11.4 Å². The number of aliphatic hydroxyl groups is 1. The Bertz CT molecular complexity index is 3480. The van der Waals surface area contributed by atoms with Crippen LogP contribution in [-0.2, 0) is 26.3 Å². The summed E-state index contributed by atoms with van der Waals surface area (Å²) in [6.45, 7) is 2.73. The zero-order valence-electron chi connectivity index (χ0n) is 52.9. The Morgan fingerprint density at radius 3 is 2.43 bits per heavy atom. The first kappa shape index (κ1) is 53.4. The summed E-state index contributed by atoms with van der Waals surface area (Å²) in [4.78, 5) is 39.4. The number of allylic oxidation sites excluding steroid dienone is 5. The van der Waals surface area contributed by atoms with Crippen LogP contribution in [0.25, 0.3) is 0 Å². The van der Waals surface area contributed by atoms with Gasteiger partial charge in [-0.1, -0.05) is 131 Å². The van der Waals surface area contributed by atoms with Crippen molar-refractivity contribution in [3.05, 3.63) is 93.1 Å². The van der Waals surface area contributed by atoms with E-state index in [-0.39, 0.29) is 63.9 Å². The highest BCUT2D eigenvalue weighted by atomic mass is 16.6. The van der Waals surface area contributed by atoms with Gasteiger partial charge in [0, 0.05) is 78.5 Å². The first-order valence-electron chi connectivity index (χ1n) is 37.7. The van der Waals surface area contributed by atoms with Crippen molar-refractivity contribution in [1.82, 2.24) is 9.80 Å². The summed E-state index contributed by atoms with van der Waals surface area (Å²) in [5.74, 6) is 15.0. The number of carbonyl (C=O) groups is 2. The van der Waals surface area contributed by atoms with E-state index in [2.05, 4.69) is 64.1 Å². The van der Waals surface area contributed by atoms with Crippen LogP contribution in [0.4, 0.5) is 0 Å². The van der Waals surface area contributed by atoms with Gasteiger partial charge in [0.05, 0.1) is 11.0 Å². The lowest BCUT2D eigenvalue weighted by molar-refractivity contribution is -0.282. The molecule has 8 saturated carbocycles. The van der Waals surface area contributed by atoms with Crippen molar-refractivity contribution < 1.29 is 24.2 Å². The van der Waals surface area contributed by atoms with Crippen molar-refractivity contribution in [2.75, 3.05) is 19.6 Å². The van der Waals surface area contributed by atoms with Gasteiger partial charge in [-0.15, -0.1) is 5.92 Å². The van der Waals surface area contributed by atoms with E-state index in [1.807, 2.05) is 5.57 Å². The van der Waals surface area contributed by atoms with E-state index < -0.39 is 16.4 Å². The van der Waals surface area contributed by atoms with E-state index in [4.69, 9.17) is 15.2 Å². The molecule has 0 radical (unpaired) electrons. The fourth-order valence-electron chi connectivity index (χ4n) is 31.1. The quantitative estimate of drug-likeness (QED) is 0.171. The van der Waals surface area contributed by atoms with Gasteiger partial charge in [-0.2, -0.15) is 0 Å². The average molecular weight is 1180 g/mol. The maximum atomic E-state index is 17.3. The summed E-state index contributed by atoms with van der Waals surface area (Å²) < 4.78 is 15.3. The first-order valence-corrected chi connectivity index (χ1v) is 37.7. The van der Waals surface area contributed by atoms with E-state index >= 15 is 9.59 Å². The maximum absolute atomic E-state index is 17.3.